The van der Waals surface area contributed by atoms with Crippen molar-refractivity contribution >= 4 is 18.1 Å². The van der Waals surface area contributed by atoms with Crippen LogP contribution in [0, 0.1) is 6.92 Å². The van der Waals surface area contributed by atoms with Gasteiger partial charge in [0, 0.05) is 11.8 Å². The van der Waals surface area contributed by atoms with Gasteiger partial charge in [-0.25, -0.2) is 4.99 Å². The SMILES string of the molecule is C=Cc1c(C)n[nH]c1/N=C\C. The van der Waals surface area contributed by atoms with Gasteiger partial charge in [-0.15, -0.1) is 0 Å². The summed E-state index contributed by atoms with van der Waals surface area (Å²) in [5.74, 6) is 0.778. The van der Waals surface area contributed by atoms with Gasteiger partial charge in [-0.2, -0.15) is 5.10 Å². The maximum absolute atomic E-state index is 4.08. The van der Waals surface area contributed by atoms with Crippen LogP contribution in [0.5, 0.6) is 0 Å². The van der Waals surface area contributed by atoms with Gasteiger partial charge in [0.1, 0.15) is 0 Å². The molecule has 1 N–H and O–H groups in total. The monoisotopic (exact) mass is 149 g/mol. The zero-order chi connectivity index (χ0) is 8.27. The molecule has 0 aliphatic carbocycles. The lowest BCUT2D eigenvalue weighted by Gasteiger charge is -1.88. The molecule has 1 aromatic heterocycles. The summed E-state index contributed by atoms with van der Waals surface area (Å²) in [6, 6.07) is 0. The van der Waals surface area contributed by atoms with E-state index >= 15 is 0 Å². The number of nitrogens with zero attached hydrogens (tertiary/aromatic N) is 2. The minimum atomic E-state index is 0.778. The Bertz CT molecular complexity index is 284. The molecule has 0 aliphatic rings. The Hall–Kier alpha value is -1.38. The van der Waals surface area contributed by atoms with Crippen LogP contribution in [0.3, 0.4) is 0 Å². The molecule has 0 aromatic carbocycles. The summed E-state index contributed by atoms with van der Waals surface area (Å²) < 4.78 is 0. The standard InChI is InChI=1S/C8H11N3/c1-4-7-6(3)10-11-8(7)9-5-2/h4-5H,1H2,2-3H3,(H,10,11)/b9-5-. The Balaban J connectivity index is 3.15. The van der Waals surface area contributed by atoms with Gasteiger partial charge in [-0.3, -0.25) is 5.10 Å². The third kappa shape index (κ3) is 1.37. The number of hydrogen-bond donors (Lipinski definition) is 1. The van der Waals surface area contributed by atoms with Crippen LogP contribution >= 0.6 is 0 Å². The molecule has 0 unspecified atom stereocenters. The van der Waals surface area contributed by atoms with E-state index in [0.29, 0.717) is 0 Å². The van der Waals surface area contributed by atoms with E-state index in [1.807, 2.05) is 13.8 Å². The average molecular weight is 149 g/mol. The number of rotatable bonds is 2. The number of nitrogens with one attached hydrogen (secondary N) is 1. The summed E-state index contributed by atoms with van der Waals surface area (Å²) in [6.07, 6.45) is 3.47. The maximum Gasteiger partial charge on any atom is 0.154 e. The van der Waals surface area contributed by atoms with E-state index in [2.05, 4.69) is 21.8 Å². The second-order valence-corrected chi connectivity index (χ2v) is 2.16. The fraction of sp³-hybridized carbons (Fsp3) is 0.250. The van der Waals surface area contributed by atoms with Gasteiger partial charge in [-0.05, 0) is 13.8 Å². The van der Waals surface area contributed by atoms with Crippen LogP contribution in [-0.2, 0) is 0 Å². The number of aryl methyl sites for hydroxylation is 1. The molecule has 58 valence electrons. The smallest absolute Gasteiger partial charge is 0.154 e. The quantitative estimate of drug-likeness (QED) is 0.642. The van der Waals surface area contributed by atoms with Crippen LogP contribution in [-0.4, -0.2) is 16.4 Å². The fourth-order valence-electron chi connectivity index (χ4n) is 0.900. The van der Waals surface area contributed by atoms with Gasteiger partial charge >= 0.3 is 0 Å². The highest BCUT2D eigenvalue weighted by Gasteiger charge is 2.02. The minimum absolute atomic E-state index is 0.778. The molecule has 0 atom stereocenters. The average Bonchev–Trinajstić information content (AvgIpc) is 2.33. The highest BCUT2D eigenvalue weighted by Crippen LogP contribution is 2.19. The second-order valence-electron chi connectivity index (χ2n) is 2.16. The normalized spacial score (nSPS) is 10.7. The van der Waals surface area contributed by atoms with Crippen molar-refractivity contribution < 1.29 is 0 Å². The first-order valence-electron chi connectivity index (χ1n) is 3.45. The first kappa shape index (κ1) is 7.72. The molecule has 1 rings (SSSR count). The largest absolute Gasteiger partial charge is 0.261 e. The van der Waals surface area contributed by atoms with E-state index in [1.165, 1.54) is 0 Å². The lowest BCUT2D eigenvalue weighted by molar-refractivity contribution is 1.04. The summed E-state index contributed by atoms with van der Waals surface area (Å²) in [7, 11) is 0. The predicted octanol–water partition coefficient (Wildman–Crippen LogP) is 2.08. The molecule has 3 nitrogen and oxygen atoms in total. The number of aromatic amines is 1. The third-order valence-corrected chi connectivity index (χ3v) is 1.44. The topological polar surface area (TPSA) is 41.0 Å². The first-order chi connectivity index (χ1) is 5.29. The Morgan fingerprint density at radius 2 is 2.36 bits per heavy atom. The minimum Gasteiger partial charge on any atom is -0.261 e. The van der Waals surface area contributed by atoms with Gasteiger partial charge < -0.3 is 0 Å². The van der Waals surface area contributed by atoms with Gasteiger partial charge in [0.05, 0.1) is 5.69 Å². The number of H-pyrrole nitrogens is 1. The molecule has 0 saturated carbocycles. The second kappa shape index (κ2) is 3.14. The van der Waals surface area contributed by atoms with Crippen LogP contribution < -0.4 is 0 Å². The van der Waals surface area contributed by atoms with Crippen molar-refractivity contribution in [1.82, 2.24) is 10.2 Å². The van der Waals surface area contributed by atoms with Gasteiger partial charge in [0.2, 0.25) is 0 Å². The molecule has 0 aliphatic heterocycles. The van der Waals surface area contributed by atoms with Gasteiger partial charge in [0.25, 0.3) is 0 Å². The maximum atomic E-state index is 4.08. The van der Waals surface area contributed by atoms with Gasteiger partial charge in [0.15, 0.2) is 5.82 Å². The van der Waals surface area contributed by atoms with Crippen LogP contribution in [0.15, 0.2) is 11.6 Å². The highest BCUT2D eigenvalue weighted by atomic mass is 15.2. The summed E-state index contributed by atoms with van der Waals surface area (Å²) in [5.41, 5.74) is 1.91. The molecule has 11 heavy (non-hydrogen) atoms. The van der Waals surface area contributed by atoms with Crippen molar-refractivity contribution in [3.8, 4) is 0 Å². The highest BCUT2D eigenvalue weighted by molar-refractivity contribution is 5.67. The predicted molar refractivity (Wildman–Crippen MR) is 47.2 cm³/mol. The van der Waals surface area contributed by atoms with E-state index in [9.17, 15) is 0 Å². The zero-order valence-electron chi connectivity index (χ0n) is 6.76. The van der Waals surface area contributed by atoms with Crippen molar-refractivity contribution in [2.24, 2.45) is 4.99 Å². The van der Waals surface area contributed by atoms with Crippen molar-refractivity contribution in [2.75, 3.05) is 0 Å². The molecule has 3 heteroatoms. The molecule has 0 amide bonds. The third-order valence-electron chi connectivity index (χ3n) is 1.44. The molecule has 0 bridgehead atoms. The van der Waals surface area contributed by atoms with E-state index in [0.717, 1.165) is 17.1 Å². The van der Waals surface area contributed by atoms with Crippen molar-refractivity contribution in [3.05, 3.63) is 17.8 Å². The number of aromatic nitrogens is 2. The Labute approximate surface area is 65.9 Å². The molecular formula is C8H11N3. The lowest BCUT2D eigenvalue weighted by atomic mass is 10.2. The zero-order valence-corrected chi connectivity index (χ0v) is 6.76. The van der Waals surface area contributed by atoms with Crippen molar-refractivity contribution in [1.29, 1.82) is 0 Å². The van der Waals surface area contributed by atoms with E-state index in [1.54, 1.807) is 12.3 Å². The van der Waals surface area contributed by atoms with E-state index in [-0.39, 0.29) is 0 Å². The van der Waals surface area contributed by atoms with Crippen LogP contribution in [0.25, 0.3) is 6.08 Å². The molecular weight excluding hydrogens is 138 g/mol. The Morgan fingerprint density at radius 3 is 2.91 bits per heavy atom. The molecule has 1 aromatic rings. The lowest BCUT2D eigenvalue weighted by Crippen LogP contribution is -1.72. The summed E-state index contributed by atoms with van der Waals surface area (Å²) in [4.78, 5) is 4.08. The Morgan fingerprint density at radius 1 is 1.64 bits per heavy atom. The number of aliphatic imine (C=N–C) groups is 1. The fourth-order valence-corrected chi connectivity index (χ4v) is 0.900. The van der Waals surface area contributed by atoms with Gasteiger partial charge in [-0.1, -0.05) is 12.7 Å². The molecule has 1 heterocycles. The molecule has 0 fully saturated rings. The summed E-state index contributed by atoms with van der Waals surface area (Å²) >= 11 is 0. The summed E-state index contributed by atoms with van der Waals surface area (Å²) in [6.45, 7) is 7.46. The van der Waals surface area contributed by atoms with Crippen LogP contribution in [0.1, 0.15) is 18.2 Å². The molecule has 0 radical (unpaired) electrons. The van der Waals surface area contributed by atoms with Crippen molar-refractivity contribution in [3.63, 3.8) is 0 Å². The van der Waals surface area contributed by atoms with Crippen molar-refractivity contribution in [2.45, 2.75) is 13.8 Å². The first-order valence-corrected chi connectivity index (χ1v) is 3.45. The molecule has 0 saturated heterocycles. The van der Waals surface area contributed by atoms with E-state index in [4.69, 9.17) is 0 Å². The van der Waals surface area contributed by atoms with E-state index < -0.39 is 0 Å². The van der Waals surface area contributed by atoms with Crippen LogP contribution in [0.4, 0.5) is 5.82 Å². The number of hydrogen-bond acceptors (Lipinski definition) is 2. The molecule has 0 spiro atoms. The van der Waals surface area contributed by atoms with Crippen LogP contribution in [0.2, 0.25) is 0 Å². The summed E-state index contributed by atoms with van der Waals surface area (Å²) in [5, 5.41) is 6.80. The Kier molecular flexibility index (Phi) is 2.21.